The standard InChI is InChI=1S/C16H21N3O2/c1-4-10-19-11-17-18-15(19)14(16(20)21-5-2)13-8-6-12(3)7-9-13/h6-9,11,14H,4-5,10H2,1-3H3. The summed E-state index contributed by atoms with van der Waals surface area (Å²) in [7, 11) is 0. The molecule has 0 aliphatic heterocycles. The van der Waals surface area contributed by atoms with E-state index in [0.717, 1.165) is 24.1 Å². The van der Waals surface area contributed by atoms with Crippen molar-refractivity contribution in [2.45, 2.75) is 39.7 Å². The summed E-state index contributed by atoms with van der Waals surface area (Å²) in [5.41, 5.74) is 2.03. The zero-order chi connectivity index (χ0) is 15.2. The van der Waals surface area contributed by atoms with Gasteiger partial charge < -0.3 is 9.30 Å². The molecular weight excluding hydrogens is 266 g/mol. The van der Waals surface area contributed by atoms with Crippen molar-refractivity contribution in [1.82, 2.24) is 14.8 Å². The molecule has 0 N–H and O–H groups in total. The monoisotopic (exact) mass is 287 g/mol. The van der Waals surface area contributed by atoms with Gasteiger partial charge >= 0.3 is 5.97 Å². The largest absolute Gasteiger partial charge is 0.465 e. The van der Waals surface area contributed by atoms with E-state index in [9.17, 15) is 4.79 Å². The van der Waals surface area contributed by atoms with Crippen molar-refractivity contribution in [2.75, 3.05) is 6.61 Å². The Kier molecular flexibility index (Phi) is 5.09. The van der Waals surface area contributed by atoms with Crippen LogP contribution in [0.15, 0.2) is 30.6 Å². The lowest BCUT2D eigenvalue weighted by Gasteiger charge is -2.16. The smallest absolute Gasteiger partial charge is 0.321 e. The third kappa shape index (κ3) is 3.48. The zero-order valence-corrected chi connectivity index (χ0v) is 12.7. The summed E-state index contributed by atoms with van der Waals surface area (Å²) < 4.78 is 7.14. The second-order valence-corrected chi connectivity index (χ2v) is 4.98. The predicted molar refractivity (Wildman–Crippen MR) is 80.0 cm³/mol. The van der Waals surface area contributed by atoms with Gasteiger partial charge in [0.1, 0.15) is 12.2 Å². The van der Waals surface area contributed by atoms with E-state index in [1.54, 1.807) is 13.3 Å². The van der Waals surface area contributed by atoms with Crippen molar-refractivity contribution >= 4 is 5.97 Å². The van der Waals surface area contributed by atoms with E-state index in [1.165, 1.54) is 0 Å². The van der Waals surface area contributed by atoms with Crippen LogP contribution >= 0.6 is 0 Å². The van der Waals surface area contributed by atoms with Gasteiger partial charge in [-0.15, -0.1) is 10.2 Å². The van der Waals surface area contributed by atoms with Crippen molar-refractivity contribution in [2.24, 2.45) is 0 Å². The number of benzene rings is 1. The highest BCUT2D eigenvalue weighted by Crippen LogP contribution is 2.25. The molecule has 1 unspecified atom stereocenters. The van der Waals surface area contributed by atoms with Crippen LogP contribution in [-0.4, -0.2) is 27.3 Å². The molecular formula is C16H21N3O2. The Morgan fingerprint density at radius 1 is 1.29 bits per heavy atom. The molecule has 1 aromatic heterocycles. The van der Waals surface area contributed by atoms with Crippen LogP contribution in [0.3, 0.4) is 0 Å². The van der Waals surface area contributed by atoms with Gasteiger partial charge in [-0.05, 0) is 25.8 Å². The molecule has 5 nitrogen and oxygen atoms in total. The molecule has 0 amide bonds. The minimum atomic E-state index is -0.528. The van der Waals surface area contributed by atoms with Gasteiger partial charge in [-0.2, -0.15) is 0 Å². The molecule has 1 atom stereocenters. The number of carbonyl (C=O) groups excluding carboxylic acids is 1. The molecule has 0 aliphatic carbocycles. The van der Waals surface area contributed by atoms with Gasteiger partial charge in [-0.25, -0.2) is 0 Å². The molecule has 1 heterocycles. The number of esters is 1. The van der Waals surface area contributed by atoms with Crippen molar-refractivity contribution in [3.05, 3.63) is 47.5 Å². The molecule has 0 saturated carbocycles. The average Bonchev–Trinajstić information content (AvgIpc) is 2.90. The molecule has 0 aliphatic rings. The zero-order valence-electron chi connectivity index (χ0n) is 12.7. The fraction of sp³-hybridized carbons (Fsp3) is 0.438. The van der Waals surface area contributed by atoms with E-state index < -0.39 is 5.92 Å². The normalized spacial score (nSPS) is 12.1. The quantitative estimate of drug-likeness (QED) is 0.766. The number of aryl methyl sites for hydroxylation is 2. The molecule has 21 heavy (non-hydrogen) atoms. The Morgan fingerprint density at radius 2 is 2.00 bits per heavy atom. The summed E-state index contributed by atoms with van der Waals surface area (Å²) >= 11 is 0. The highest BCUT2D eigenvalue weighted by atomic mass is 16.5. The first-order valence-corrected chi connectivity index (χ1v) is 7.28. The molecule has 0 radical (unpaired) electrons. The van der Waals surface area contributed by atoms with Crippen LogP contribution in [0.2, 0.25) is 0 Å². The minimum Gasteiger partial charge on any atom is -0.465 e. The molecule has 5 heteroatoms. The number of hydrogen-bond acceptors (Lipinski definition) is 4. The number of hydrogen-bond donors (Lipinski definition) is 0. The summed E-state index contributed by atoms with van der Waals surface area (Å²) in [5.74, 6) is -0.176. The van der Waals surface area contributed by atoms with Crippen LogP contribution < -0.4 is 0 Å². The van der Waals surface area contributed by atoms with Gasteiger partial charge in [0, 0.05) is 6.54 Å². The van der Waals surface area contributed by atoms with Crippen molar-refractivity contribution in [1.29, 1.82) is 0 Å². The van der Waals surface area contributed by atoms with Gasteiger partial charge in [0.25, 0.3) is 0 Å². The third-order valence-corrected chi connectivity index (χ3v) is 3.30. The minimum absolute atomic E-state index is 0.285. The van der Waals surface area contributed by atoms with Crippen LogP contribution in [0.4, 0.5) is 0 Å². The first-order chi connectivity index (χ1) is 10.2. The topological polar surface area (TPSA) is 57.0 Å². The molecule has 112 valence electrons. The summed E-state index contributed by atoms with van der Waals surface area (Å²) in [4.78, 5) is 12.4. The highest BCUT2D eigenvalue weighted by Gasteiger charge is 2.28. The number of aromatic nitrogens is 3. The Balaban J connectivity index is 2.42. The number of ether oxygens (including phenoxy) is 1. The van der Waals surface area contributed by atoms with Crippen LogP contribution in [0.25, 0.3) is 0 Å². The van der Waals surface area contributed by atoms with Crippen molar-refractivity contribution in [3.63, 3.8) is 0 Å². The van der Waals surface area contributed by atoms with Gasteiger partial charge in [0.15, 0.2) is 5.82 Å². The van der Waals surface area contributed by atoms with E-state index in [1.807, 2.05) is 35.8 Å². The number of carbonyl (C=O) groups is 1. The molecule has 0 spiro atoms. The van der Waals surface area contributed by atoms with Crippen molar-refractivity contribution < 1.29 is 9.53 Å². The lowest BCUT2D eigenvalue weighted by atomic mass is 9.97. The lowest BCUT2D eigenvalue weighted by Crippen LogP contribution is -2.21. The second kappa shape index (κ2) is 7.02. The van der Waals surface area contributed by atoms with Crippen LogP contribution in [0, 0.1) is 6.92 Å². The Bertz CT molecular complexity index is 590. The third-order valence-electron chi connectivity index (χ3n) is 3.30. The summed E-state index contributed by atoms with van der Waals surface area (Å²) in [6, 6.07) is 7.87. The molecule has 0 saturated heterocycles. The maximum Gasteiger partial charge on any atom is 0.321 e. The lowest BCUT2D eigenvalue weighted by molar-refractivity contribution is -0.144. The Hall–Kier alpha value is -2.17. The maximum atomic E-state index is 12.4. The summed E-state index contributed by atoms with van der Waals surface area (Å²) in [6.07, 6.45) is 2.62. The fourth-order valence-corrected chi connectivity index (χ4v) is 2.28. The van der Waals surface area contributed by atoms with Gasteiger partial charge in [0.05, 0.1) is 6.61 Å². The SMILES string of the molecule is CCCn1cnnc1C(C(=O)OCC)c1ccc(C)cc1. The fourth-order valence-electron chi connectivity index (χ4n) is 2.28. The van der Waals surface area contributed by atoms with Gasteiger partial charge in [-0.3, -0.25) is 4.79 Å². The van der Waals surface area contributed by atoms with Crippen molar-refractivity contribution in [3.8, 4) is 0 Å². The predicted octanol–water partition coefficient (Wildman–Crippen LogP) is 2.69. The molecule has 2 rings (SSSR count). The first-order valence-electron chi connectivity index (χ1n) is 7.28. The van der Waals surface area contributed by atoms with E-state index in [-0.39, 0.29) is 5.97 Å². The average molecular weight is 287 g/mol. The van der Waals surface area contributed by atoms with E-state index in [4.69, 9.17) is 4.74 Å². The van der Waals surface area contributed by atoms with E-state index in [0.29, 0.717) is 12.4 Å². The maximum absolute atomic E-state index is 12.4. The summed E-state index contributed by atoms with van der Waals surface area (Å²) in [5, 5.41) is 8.10. The van der Waals surface area contributed by atoms with Crippen LogP contribution in [0.5, 0.6) is 0 Å². The van der Waals surface area contributed by atoms with E-state index >= 15 is 0 Å². The van der Waals surface area contributed by atoms with Crippen LogP contribution in [0.1, 0.15) is 43.1 Å². The molecule has 1 aromatic carbocycles. The molecule has 0 bridgehead atoms. The van der Waals surface area contributed by atoms with Crippen LogP contribution in [-0.2, 0) is 16.1 Å². The number of nitrogens with zero attached hydrogens (tertiary/aromatic N) is 3. The second-order valence-electron chi connectivity index (χ2n) is 4.98. The Labute approximate surface area is 125 Å². The highest BCUT2D eigenvalue weighted by molar-refractivity contribution is 5.81. The van der Waals surface area contributed by atoms with Gasteiger partial charge in [0.2, 0.25) is 0 Å². The summed E-state index contributed by atoms with van der Waals surface area (Å²) in [6.45, 7) is 7.03. The number of rotatable bonds is 6. The van der Waals surface area contributed by atoms with Gasteiger partial charge in [-0.1, -0.05) is 36.8 Å². The first kappa shape index (κ1) is 15.2. The van der Waals surface area contributed by atoms with E-state index in [2.05, 4.69) is 17.1 Å². The Morgan fingerprint density at radius 3 is 2.62 bits per heavy atom. The molecule has 0 fully saturated rings. The molecule has 2 aromatic rings.